The summed E-state index contributed by atoms with van der Waals surface area (Å²) in [6, 6.07) is 10.8. The van der Waals surface area contributed by atoms with E-state index >= 15 is 0 Å². The molecule has 7 nitrogen and oxygen atoms in total. The van der Waals surface area contributed by atoms with Crippen LogP contribution in [0.25, 0.3) is 16.6 Å². The molecule has 1 N–H and O–H groups in total. The second-order valence-corrected chi connectivity index (χ2v) is 10.6. The lowest BCUT2D eigenvalue weighted by Gasteiger charge is -2.25. The normalized spacial score (nSPS) is 13.8. The Balaban J connectivity index is 1.94. The summed E-state index contributed by atoms with van der Waals surface area (Å²) in [6.07, 6.45) is 6.38. The molecule has 1 amide bonds. The summed E-state index contributed by atoms with van der Waals surface area (Å²) in [7, 11) is -1.93. The molecule has 174 valence electrons. The third kappa shape index (κ3) is 4.77. The summed E-state index contributed by atoms with van der Waals surface area (Å²) >= 11 is 6.04. The highest BCUT2D eigenvalue weighted by Gasteiger charge is 2.32. The molecule has 1 aliphatic carbocycles. The van der Waals surface area contributed by atoms with E-state index in [1.807, 2.05) is 6.07 Å². The van der Waals surface area contributed by atoms with Crippen LogP contribution >= 0.6 is 11.6 Å². The van der Waals surface area contributed by atoms with Crippen molar-refractivity contribution in [1.29, 1.82) is 0 Å². The van der Waals surface area contributed by atoms with Crippen LogP contribution in [0.1, 0.15) is 47.7 Å². The molecule has 1 saturated carbocycles. The first kappa shape index (κ1) is 23.3. The number of anilines is 1. The summed E-state index contributed by atoms with van der Waals surface area (Å²) in [6.45, 7) is 4.09. The Hall–Kier alpha value is -2.84. The number of halogens is 1. The fraction of sp³-hybridized carbons (Fsp3) is 0.333. The molecule has 3 aromatic rings. The van der Waals surface area contributed by atoms with E-state index in [1.165, 1.54) is 10.6 Å². The summed E-state index contributed by atoms with van der Waals surface area (Å²) in [5.74, 6) is -0.00243. The van der Waals surface area contributed by atoms with Crippen LogP contribution in [0.3, 0.4) is 0 Å². The molecule has 1 fully saturated rings. The molecule has 0 spiro atoms. The quantitative estimate of drug-likeness (QED) is 0.352. The number of hydrogen-bond donors (Lipinski definition) is 1. The van der Waals surface area contributed by atoms with Gasteiger partial charge in [0.1, 0.15) is 5.69 Å². The average molecular weight is 487 g/mol. The van der Waals surface area contributed by atoms with Gasteiger partial charge in [-0.3, -0.25) is 9.10 Å². The van der Waals surface area contributed by atoms with Crippen LogP contribution in [0, 0.1) is 0 Å². The van der Waals surface area contributed by atoms with Gasteiger partial charge in [0, 0.05) is 24.0 Å². The number of amides is 1. The number of unbranched alkanes of at least 4 members (excludes halogenated alkanes) is 1. The number of carbonyl (C=O) groups excluding carboxylic acids is 1. The largest absolute Gasteiger partial charge is 0.354 e. The van der Waals surface area contributed by atoms with Crippen molar-refractivity contribution in [2.24, 2.45) is 0 Å². The SMILES string of the molecule is C=CCCCN(c1cc2nn(-c3ccc(Cl)cc3)c(C(=O)NC)c2cc1C1CC1)S(C)(=O)=O. The van der Waals surface area contributed by atoms with Crippen LogP contribution < -0.4 is 9.62 Å². The molecule has 9 heteroatoms. The average Bonchev–Trinajstić information content (AvgIpc) is 3.55. The van der Waals surface area contributed by atoms with Gasteiger partial charge in [0.2, 0.25) is 10.0 Å². The number of nitrogens with one attached hydrogen (secondary N) is 1. The van der Waals surface area contributed by atoms with Gasteiger partial charge in [-0.2, -0.15) is 5.10 Å². The first-order chi connectivity index (χ1) is 15.7. The Morgan fingerprint density at radius 3 is 2.58 bits per heavy atom. The van der Waals surface area contributed by atoms with E-state index in [2.05, 4.69) is 11.9 Å². The van der Waals surface area contributed by atoms with Crippen molar-refractivity contribution in [3.63, 3.8) is 0 Å². The molecular formula is C24H27ClN4O3S. The number of benzene rings is 2. The molecule has 33 heavy (non-hydrogen) atoms. The molecule has 0 bridgehead atoms. The van der Waals surface area contributed by atoms with Gasteiger partial charge in [-0.15, -0.1) is 6.58 Å². The monoisotopic (exact) mass is 486 g/mol. The Bertz CT molecular complexity index is 1310. The first-order valence-electron chi connectivity index (χ1n) is 10.9. The summed E-state index contributed by atoms with van der Waals surface area (Å²) in [5.41, 5.74) is 3.23. The van der Waals surface area contributed by atoms with Crippen LogP contribution in [-0.4, -0.2) is 44.0 Å². The molecule has 0 saturated heterocycles. The Morgan fingerprint density at radius 2 is 2.00 bits per heavy atom. The molecule has 0 aliphatic heterocycles. The number of fused-ring (bicyclic) bond motifs is 1. The van der Waals surface area contributed by atoms with E-state index in [4.69, 9.17) is 16.7 Å². The Kier molecular flexibility index (Phi) is 6.50. The fourth-order valence-electron chi connectivity index (χ4n) is 4.03. The van der Waals surface area contributed by atoms with E-state index in [0.717, 1.165) is 24.8 Å². The van der Waals surface area contributed by atoms with Gasteiger partial charge in [-0.1, -0.05) is 17.7 Å². The van der Waals surface area contributed by atoms with Crippen molar-refractivity contribution >= 4 is 44.1 Å². The van der Waals surface area contributed by atoms with Crippen LogP contribution in [0.2, 0.25) is 5.02 Å². The third-order valence-electron chi connectivity index (χ3n) is 5.79. The van der Waals surface area contributed by atoms with Gasteiger partial charge in [0.15, 0.2) is 0 Å². The lowest BCUT2D eigenvalue weighted by Crippen LogP contribution is -2.31. The molecule has 0 atom stereocenters. The second-order valence-electron chi connectivity index (χ2n) is 8.28. The van der Waals surface area contributed by atoms with Crippen molar-refractivity contribution < 1.29 is 13.2 Å². The van der Waals surface area contributed by atoms with Gasteiger partial charge < -0.3 is 5.32 Å². The van der Waals surface area contributed by atoms with Crippen LogP contribution in [0.15, 0.2) is 49.1 Å². The zero-order chi connectivity index (χ0) is 23.8. The summed E-state index contributed by atoms with van der Waals surface area (Å²) in [4.78, 5) is 12.9. The zero-order valence-electron chi connectivity index (χ0n) is 18.7. The smallest absolute Gasteiger partial charge is 0.270 e. The number of rotatable bonds is 9. The van der Waals surface area contributed by atoms with E-state index in [9.17, 15) is 13.2 Å². The maximum absolute atomic E-state index is 12.9. The highest BCUT2D eigenvalue weighted by molar-refractivity contribution is 7.92. The maximum atomic E-state index is 12.9. The number of nitrogens with zero attached hydrogens (tertiary/aromatic N) is 3. The molecule has 4 rings (SSSR count). The molecule has 2 aromatic carbocycles. The highest BCUT2D eigenvalue weighted by Crippen LogP contribution is 2.46. The topological polar surface area (TPSA) is 84.3 Å². The minimum atomic E-state index is -3.51. The van der Waals surface area contributed by atoms with Gasteiger partial charge in [-0.05, 0) is 73.6 Å². The van der Waals surface area contributed by atoms with Gasteiger partial charge in [0.05, 0.1) is 23.1 Å². The third-order valence-corrected chi connectivity index (χ3v) is 7.22. The van der Waals surface area contributed by atoms with Crippen LogP contribution in [0.4, 0.5) is 5.69 Å². The highest BCUT2D eigenvalue weighted by atomic mass is 35.5. The van der Waals surface area contributed by atoms with E-state index < -0.39 is 10.0 Å². The number of sulfonamides is 1. The standard InChI is InChI=1S/C24H27ClN4O3S/c1-4-5-6-13-28(33(3,31)32)22-15-21-20(14-19(22)16-7-8-16)23(24(30)26-2)29(27-21)18-11-9-17(25)10-12-18/h4,9-12,14-16H,1,5-8,13H2,2-3H3,(H,26,30). The van der Waals surface area contributed by atoms with Gasteiger partial charge >= 0.3 is 0 Å². The minimum Gasteiger partial charge on any atom is -0.354 e. The molecule has 0 unspecified atom stereocenters. The summed E-state index contributed by atoms with van der Waals surface area (Å²) in [5, 5.41) is 8.67. The lowest BCUT2D eigenvalue weighted by atomic mass is 10.0. The maximum Gasteiger partial charge on any atom is 0.270 e. The molecule has 0 radical (unpaired) electrons. The number of allylic oxidation sites excluding steroid dienone is 1. The first-order valence-corrected chi connectivity index (χ1v) is 13.1. The molecule has 1 aliphatic rings. The Labute approximate surface area is 199 Å². The number of aromatic nitrogens is 2. The minimum absolute atomic E-state index is 0.268. The lowest BCUT2D eigenvalue weighted by molar-refractivity contribution is 0.0957. The number of hydrogen-bond acceptors (Lipinski definition) is 4. The van der Waals surface area contributed by atoms with Gasteiger partial charge in [0.25, 0.3) is 5.91 Å². The summed E-state index contributed by atoms with van der Waals surface area (Å²) < 4.78 is 28.5. The van der Waals surface area contributed by atoms with Crippen molar-refractivity contribution in [1.82, 2.24) is 15.1 Å². The fourth-order valence-corrected chi connectivity index (χ4v) is 5.13. The van der Waals surface area contributed by atoms with Crippen LogP contribution in [0.5, 0.6) is 0 Å². The predicted octanol–water partition coefficient (Wildman–Crippen LogP) is 4.65. The second kappa shape index (κ2) is 9.19. The molecular weight excluding hydrogens is 460 g/mol. The number of carbonyl (C=O) groups is 1. The molecule has 1 aromatic heterocycles. The van der Waals surface area contributed by atoms with Gasteiger partial charge in [-0.25, -0.2) is 13.1 Å². The predicted molar refractivity (Wildman–Crippen MR) is 133 cm³/mol. The Morgan fingerprint density at radius 1 is 1.30 bits per heavy atom. The van der Waals surface area contributed by atoms with Crippen molar-refractivity contribution in [2.45, 2.75) is 31.6 Å². The van der Waals surface area contributed by atoms with Crippen molar-refractivity contribution in [3.05, 3.63) is 65.3 Å². The van der Waals surface area contributed by atoms with Crippen LogP contribution in [-0.2, 0) is 10.0 Å². The molecule has 1 heterocycles. The van der Waals surface area contributed by atoms with Crippen molar-refractivity contribution in [2.75, 3.05) is 24.2 Å². The van der Waals surface area contributed by atoms with E-state index in [-0.39, 0.29) is 11.8 Å². The van der Waals surface area contributed by atoms with E-state index in [1.54, 1.807) is 48.1 Å². The zero-order valence-corrected chi connectivity index (χ0v) is 20.3. The van der Waals surface area contributed by atoms with E-state index in [0.29, 0.717) is 46.0 Å². The van der Waals surface area contributed by atoms with Crippen molar-refractivity contribution in [3.8, 4) is 5.69 Å².